The van der Waals surface area contributed by atoms with E-state index in [9.17, 15) is 0 Å². The van der Waals surface area contributed by atoms with E-state index in [1.807, 2.05) is 12.1 Å². The number of hydrogen-bond acceptors (Lipinski definition) is 3. The van der Waals surface area contributed by atoms with Crippen molar-refractivity contribution in [3.8, 4) is 5.75 Å². The molecule has 2 rings (SSSR count). The van der Waals surface area contributed by atoms with Gasteiger partial charge in [0.05, 0.1) is 7.11 Å². The Morgan fingerprint density at radius 3 is 2.94 bits per heavy atom. The molecular weight excluding hydrogens is 242 g/mol. The largest absolute Gasteiger partial charge is 0.496 e. The lowest BCUT2D eigenvalue weighted by Crippen LogP contribution is -2.15. The maximum absolute atomic E-state index is 5.77. The van der Waals surface area contributed by atoms with Gasteiger partial charge in [0.15, 0.2) is 0 Å². The maximum atomic E-state index is 5.77. The summed E-state index contributed by atoms with van der Waals surface area (Å²) in [5, 5.41) is 0.816. The summed E-state index contributed by atoms with van der Waals surface area (Å²) in [6.45, 7) is 2.37. The Kier molecular flexibility index (Phi) is 4.81. The molecule has 0 spiro atoms. The normalized spacial score (nSPS) is 23.9. The monoisotopic (exact) mass is 265 g/mol. The summed E-state index contributed by atoms with van der Waals surface area (Å²) in [7, 11) is 1.71. The first kappa shape index (κ1) is 13.6. The Bertz CT molecular complexity index is 394. The molecule has 2 N–H and O–H groups in total. The fourth-order valence-electron chi connectivity index (χ4n) is 2.62. The van der Waals surface area contributed by atoms with Crippen LogP contribution in [0.3, 0.4) is 0 Å². The zero-order chi connectivity index (χ0) is 13.0. The molecule has 1 fully saturated rings. The number of hydrogen-bond donors (Lipinski definition) is 1. The van der Waals surface area contributed by atoms with Gasteiger partial charge in [0.1, 0.15) is 5.75 Å². The summed E-state index contributed by atoms with van der Waals surface area (Å²) in [6, 6.07) is 5.97. The van der Waals surface area contributed by atoms with Gasteiger partial charge in [-0.3, -0.25) is 0 Å². The van der Waals surface area contributed by atoms with E-state index in [0.29, 0.717) is 0 Å². The third kappa shape index (κ3) is 3.58. The van der Waals surface area contributed by atoms with Gasteiger partial charge in [-0.25, -0.2) is 0 Å². The summed E-state index contributed by atoms with van der Waals surface area (Å²) in [5.74, 6) is 2.84. The average Bonchev–Trinajstić information content (AvgIpc) is 2.37. The minimum atomic E-state index is 0.770. The molecule has 1 aromatic rings. The molecule has 3 heteroatoms. The van der Waals surface area contributed by atoms with Crippen LogP contribution >= 0.6 is 11.8 Å². The molecule has 1 saturated carbocycles. The van der Waals surface area contributed by atoms with Crippen LogP contribution in [0.5, 0.6) is 5.75 Å². The molecule has 2 unspecified atom stereocenters. The lowest BCUT2D eigenvalue weighted by molar-refractivity contribution is 0.394. The topological polar surface area (TPSA) is 35.2 Å². The van der Waals surface area contributed by atoms with E-state index in [0.717, 1.165) is 28.4 Å². The zero-order valence-corrected chi connectivity index (χ0v) is 12.1. The van der Waals surface area contributed by atoms with Crippen molar-refractivity contribution < 1.29 is 4.74 Å². The number of methoxy groups -OCH3 is 1. The number of nitrogens with two attached hydrogens (primary N) is 1. The van der Waals surface area contributed by atoms with Crippen LogP contribution in [-0.4, -0.2) is 12.4 Å². The minimum absolute atomic E-state index is 0.770. The lowest BCUT2D eigenvalue weighted by Gasteiger charge is -2.26. The van der Waals surface area contributed by atoms with Crippen molar-refractivity contribution >= 4 is 17.4 Å². The quantitative estimate of drug-likeness (QED) is 0.833. The molecule has 1 aliphatic rings. The Labute approximate surface area is 114 Å². The average molecular weight is 265 g/mol. The molecule has 1 aliphatic carbocycles. The molecule has 0 amide bonds. The molecule has 2 atom stereocenters. The van der Waals surface area contributed by atoms with Gasteiger partial charge in [0.2, 0.25) is 0 Å². The SMILES string of the molecule is COc1cc(N)ccc1CSC1CCCC(C)C1. The van der Waals surface area contributed by atoms with Crippen molar-refractivity contribution in [2.45, 2.75) is 43.6 Å². The Morgan fingerprint density at radius 2 is 2.22 bits per heavy atom. The van der Waals surface area contributed by atoms with Crippen LogP contribution in [0.1, 0.15) is 38.2 Å². The van der Waals surface area contributed by atoms with Crippen molar-refractivity contribution in [3.05, 3.63) is 23.8 Å². The molecule has 0 heterocycles. The molecule has 0 aliphatic heterocycles. The second-order valence-electron chi connectivity index (χ2n) is 5.28. The highest BCUT2D eigenvalue weighted by Crippen LogP contribution is 2.35. The van der Waals surface area contributed by atoms with Crippen LogP contribution < -0.4 is 10.5 Å². The van der Waals surface area contributed by atoms with Gasteiger partial charge in [-0.1, -0.05) is 25.8 Å². The number of ether oxygens (including phenoxy) is 1. The van der Waals surface area contributed by atoms with Crippen molar-refractivity contribution in [2.75, 3.05) is 12.8 Å². The van der Waals surface area contributed by atoms with E-state index in [-0.39, 0.29) is 0 Å². The van der Waals surface area contributed by atoms with E-state index in [2.05, 4.69) is 24.8 Å². The molecule has 18 heavy (non-hydrogen) atoms. The molecule has 0 bridgehead atoms. The molecule has 100 valence electrons. The van der Waals surface area contributed by atoms with Crippen molar-refractivity contribution in [2.24, 2.45) is 5.92 Å². The second-order valence-corrected chi connectivity index (χ2v) is 6.56. The molecule has 0 aromatic heterocycles. The lowest BCUT2D eigenvalue weighted by atomic mass is 9.91. The highest BCUT2D eigenvalue weighted by atomic mass is 32.2. The predicted molar refractivity (Wildman–Crippen MR) is 80.1 cm³/mol. The number of benzene rings is 1. The van der Waals surface area contributed by atoms with Crippen molar-refractivity contribution in [1.82, 2.24) is 0 Å². The van der Waals surface area contributed by atoms with Crippen molar-refractivity contribution in [1.29, 1.82) is 0 Å². The smallest absolute Gasteiger partial charge is 0.124 e. The summed E-state index contributed by atoms with van der Waals surface area (Å²) in [6.07, 6.45) is 5.52. The van der Waals surface area contributed by atoms with Gasteiger partial charge >= 0.3 is 0 Å². The van der Waals surface area contributed by atoms with Gasteiger partial charge in [0, 0.05) is 28.3 Å². The number of nitrogen functional groups attached to an aromatic ring is 1. The molecule has 0 radical (unpaired) electrons. The van der Waals surface area contributed by atoms with Gasteiger partial charge in [-0.15, -0.1) is 0 Å². The fourth-order valence-corrected chi connectivity index (χ4v) is 4.07. The van der Waals surface area contributed by atoms with Crippen LogP contribution in [0.2, 0.25) is 0 Å². The summed E-state index contributed by atoms with van der Waals surface area (Å²) >= 11 is 2.07. The highest BCUT2D eigenvalue weighted by Gasteiger charge is 2.19. The van der Waals surface area contributed by atoms with E-state index in [4.69, 9.17) is 10.5 Å². The fraction of sp³-hybridized carbons (Fsp3) is 0.600. The Morgan fingerprint density at radius 1 is 1.39 bits per heavy atom. The number of rotatable bonds is 4. The molecule has 0 saturated heterocycles. The first-order chi connectivity index (χ1) is 8.69. The Hall–Kier alpha value is -0.830. The van der Waals surface area contributed by atoms with Gasteiger partial charge in [0.25, 0.3) is 0 Å². The van der Waals surface area contributed by atoms with E-state index in [1.165, 1.54) is 31.2 Å². The zero-order valence-electron chi connectivity index (χ0n) is 11.3. The highest BCUT2D eigenvalue weighted by molar-refractivity contribution is 7.99. The second kappa shape index (κ2) is 6.37. The predicted octanol–water partition coefficient (Wildman–Crippen LogP) is 4.09. The van der Waals surface area contributed by atoms with Gasteiger partial charge in [-0.2, -0.15) is 11.8 Å². The van der Waals surface area contributed by atoms with Crippen LogP contribution in [0.4, 0.5) is 5.69 Å². The summed E-state index contributed by atoms with van der Waals surface area (Å²) in [5.41, 5.74) is 7.80. The number of anilines is 1. The third-order valence-corrected chi connectivity index (χ3v) is 5.05. The van der Waals surface area contributed by atoms with Crippen molar-refractivity contribution in [3.63, 3.8) is 0 Å². The summed E-state index contributed by atoms with van der Waals surface area (Å²) in [4.78, 5) is 0. The van der Waals surface area contributed by atoms with Crippen LogP contribution in [0.15, 0.2) is 18.2 Å². The maximum Gasteiger partial charge on any atom is 0.124 e. The van der Waals surface area contributed by atoms with E-state index in [1.54, 1.807) is 7.11 Å². The van der Waals surface area contributed by atoms with Crippen LogP contribution in [0.25, 0.3) is 0 Å². The first-order valence-electron chi connectivity index (χ1n) is 6.73. The molecule has 2 nitrogen and oxygen atoms in total. The minimum Gasteiger partial charge on any atom is -0.496 e. The summed E-state index contributed by atoms with van der Waals surface area (Å²) < 4.78 is 5.39. The van der Waals surface area contributed by atoms with Gasteiger partial charge < -0.3 is 10.5 Å². The van der Waals surface area contributed by atoms with Crippen LogP contribution in [0, 0.1) is 5.92 Å². The van der Waals surface area contributed by atoms with Crippen LogP contribution in [-0.2, 0) is 5.75 Å². The Balaban J connectivity index is 1.93. The van der Waals surface area contributed by atoms with E-state index >= 15 is 0 Å². The first-order valence-corrected chi connectivity index (χ1v) is 7.78. The molecular formula is C15H23NOS. The van der Waals surface area contributed by atoms with E-state index < -0.39 is 0 Å². The third-order valence-electron chi connectivity index (χ3n) is 3.67. The molecule has 1 aromatic carbocycles. The van der Waals surface area contributed by atoms with Gasteiger partial charge in [-0.05, 0) is 24.8 Å². The number of thioether (sulfide) groups is 1. The standard InChI is InChI=1S/C15H23NOS/c1-11-4-3-5-14(8-11)18-10-12-6-7-13(16)9-15(12)17-2/h6-7,9,11,14H,3-5,8,10,16H2,1-2H3.